The fourth-order valence-corrected chi connectivity index (χ4v) is 3.44. The van der Waals surface area contributed by atoms with Gasteiger partial charge in [0.1, 0.15) is 12.1 Å². The molecule has 1 aromatic carbocycles. The normalized spacial score (nSPS) is 15.0. The highest BCUT2D eigenvalue weighted by Gasteiger charge is 2.18. The molecule has 2 aromatic rings. The van der Waals surface area contributed by atoms with Gasteiger partial charge in [0.25, 0.3) is 0 Å². The lowest BCUT2D eigenvalue weighted by atomic mass is 10.1. The maximum Gasteiger partial charge on any atom is 0.191 e. The van der Waals surface area contributed by atoms with Gasteiger partial charge in [0.2, 0.25) is 0 Å². The standard InChI is InChI=1S/C21H32N6O/c1-4-22-21(24-14-20-26-25-15-27(20)5-2)23-13-17-11-10-16(3)12-19(17)28-18-8-6-7-9-18/h10-12,15,18H,4-9,13-14H2,1-3H3,(H2,22,23,24). The quantitative estimate of drug-likeness (QED) is 0.540. The average Bonchev–Trinajstić information content (AvgIpc) is 3.36. The summed E-state index contributed by atoms with van der Waals surface area (Å²) in [4.78, 5) is 4.76. The number of nitrogens with one attached hydrogen (secondary N) is 2. The van der Waals surface area contributed by atoms with E-state index >= 15 is 0 Å². The fraction of sp³-hybridized carbons (Fsp3) is 0.571. The summed E-state index contributed by atoms with van der Waals surface area (Å²) in [7, 11) is 0. The maximum absolute atomic E-state index is 6.30. The van der Waals surface area contributed by atoms with Crippen molar-refractivity contribution in [3.8, 4) is 5.75 Å². The molecule has 1 aliphatic rings. The molecule has 0 unspecified atom stereocenters. The zero-order valence-corrected chi connectivity index (χ0v) is 17.2. The Morgan fingerprint density at radius 3 is 2.82 bits per heavy atom. The first-order valence-corrected chi connectivity index (χ1v) is 10.3. The lowest BCUT2D eigenvalue weighted by molar-refractivity contribution is 0.208. The number of aliphatic imine (C=N–C) groups is 1. The summed E-state index contributed by atoms with van der Waals surface area (Å²) in [5.74, 6) is 2.63. The van der Waals surface area contributed by atoms with E-state index in [1.54, 1.807) is 6.33 Å². The van der Waals surface area contributed by atoms with Gasteiger partial charge in [0.05, 0.1) is 19.2 Å². The van der Waals surface area contributed by atoms with Gasteiger partial charge in [-0.15, -0.1) is 10.2 Å². The van der Waals surface area contributed by atoms with Crippen molar-refractivity contribution < 1.29 is 4.74 Å². The molecule has 1 heterocycles. The van der Waals surface area contributed by atoms with Crippen LogP contribution in [0, 0.1) is 6.92 Å². The summed E-state index contributed by atoms with van der Waals surface area (Å²) in [6.07, 6.45) is 6.93. The molecule has 0 saturated heterocycles. The van der Waals surface area contributed by atoms with Crippen LogP contribution in [0.15, 0.2) is 29.5 Å². The summed E-state index contributed by atoms with van der Waals surface area (Å²) < 4.78 is 8.31. The van der Waals surface area contributed by atoms with Crippen molar-refractivity contribution in [1.82, 2.24) is 25.4 Å². The first-order valence-electron chi connectivity index (χ1n) is 10.3. The van der Waals surface area contributed by atoms with Crippen LogP contribution in [0.1, 0.15) is 56.5 Å². The van der Waals surface area contributed by atoms with Crippen LogP contribution in [0.4, 0.5) is 0 Å². The van der Waals surface area contributed by atoms with E-state index in [0.29, 0.717) is 19.2 Å². The highest BCUT2D eigenvalue weighted by Crippen LogP contribution is 2.28. The Balaban J connectivity index is 1.68. The summed E-state index contributed by atoms with van der Waals surface area (Å²) in [5, 5.41) is 14.8. The highest BCUT2D eigenvalue weighted by molar-refractivity contribution is 5.79. The molecule has 0 atom stereocenters. The van der Waals surface area contributed by atoms with Crippen molar-refractivity contribution in [2.24, 2.45) is 4.99 Å². The number of ether oxygens (including phenoxy) is 1. The molecule has 3 rings (SSSR count). The Bertz CT molecular complexity index is 779. The zero-order valence-electron chi connectivity index (χ0n) is 17.2. The molecule has 28 heavy (non-hydrogen) atoms. The molecule has 1 aliphatic carbocycles. The largest absolute Gasteiger partial charge is 0.490 e. The molecule has 1 fully saturated rings. The Hall–Kier alpha value is -2.57. The van der Waals surface area contributed by atoms with Crippen molar-refractivity contribution in [2.75, 3.05) is 6.54 Å². The SMILES string of the molecule is CCNC(=NCc1ccc(C)cc1OC1CCCC1)NCc1nncn1CC. The predicted octanol–water partition coefficient (Wildman–Crippen LogP) is 3.18. The van der Waals surface area contributed by atoms with Gasteiger partial charge < -0.3 is 19.9 Å². The summed E-state index contributed by atoms with van der Waals surface area (Å²) in [6.45, 7) is 9.04. The van der Waals surface area contributed by atoms with E-state index in [0.717, 1.165) is 49.0 Å². The van der Waals surface area contributed by atoms with Gasteiger partial charge in [0, 0.05) is 18.7 Å². The van der Waals surface area contributed by atoms with E-state index in [9.17, 15) is 0 Å². The average molecular weight is 385 g/mol. The summed E-state index contributed by atoms with van der Waals surface area (Å²) >= 11 is 0. The van der Waals surface area contributed by atoms with E-state index in [2.05, 4.69) is 59.8 Å². The maximum atomic E-state index is 6.30. The number of hydrogen-bond donors (Lipinski definition) is 2. The Kier molecular flexibility index (Phi) is 7.28. The molecule has 0 bridgehead atoms. The Morgan fingerprint density at radius 1 is 1.25 bits per heavy atom. The molecule has 0 spiro atoms. The molecule has 7 heteroatoms. The zero-order chi connectivity index (χ0) is 19.8. The molecule has 1 saturated carbocycles. The van der Waals surface area contributed by atoms with Crippen molar-refractivity contribution >= 4 is 5.96 Å². The molecule has 0 amide bonds. The lowest BCUT2D eigenvalue weighted by Crippen LogP contribution is -2.37. The van der Waals surface area contributed by atoms with Gasteiger partial charge in [-0.2, -0.15) is 0 Å². The van der Waals surface area contributed by atoms with Gasteiger partial charge in [-0.25, -0.2) is 4.99 Å². The minimum absolute atomic E-state index is 0.344. The van der Waals surface area contributed by atoms with Crippen LogP contribution in [0.25, 0.3) is 0 Å². The van der Waals surface area contributed by atoms with Crippen LogP contribution in [-0.4, -0.2) is 33.4 Å². The number of aryl methyl sites for hydroxylation is 2. The van der Waals surface area contributed by atoms with Gasteiger partial charge in [-0.3, -0.25) is 0 Å². The second kappa shape index (κ2) is 10.1. The van der Waals surface area contributed by atoms with E-state index in [4.69, 9.17) is 9.73 Å². The summed E-state index contributed by atoms with van der Waals surface area (Å²) in [5.41, 5.74) is 2.33. The predicted molar refractivity (Wildman–Crippen MR) is 111 cm³/mol. The van der Waals surface area contributed by atoms with Crippen molar-refractivity contribution in [1.29, 1.82) is 0 Å². The number of nitrogens with zero attached hydrogens (tertiary/aromatic N) is 4. The van der Waals surface area contributed by atoms with E-state index < -0.39 is 0 Å². The molecule has 0 radical (unpaired) electrons. The number of hydrogen-bond acceptors (Lipinski definition) is 4. The number of guanidine groups is 1. The Labute approximate surface area is 167 Å². The van der Waals surface area contributed by atoms with Crippen molar-refractivity contribution in [3.63, 3.8) is 0 Å². The number of benzene rings is 1. The van der Waals surface area contributed by atoms with Crippen LogP contribution >= 0.6 is 0 Å². The van der Waals surface area contributed by atoms with Crippen molar-refractivity contribution in [3.05, 3.63) is 41.5 Å². The Morgan fingerprint density at radius 2 is 2.07 bits per heavy atom. The third-order valence-electron chi connectivity index (χ3n) is 5.02. The second-order valence-electron chi connectivity index (χ2n) is 7.22. The van der Waals surface area contributed by atoms with Gasteiger partial charge in [0.15, 0.2) is 11.8 Å². The van der Waals surface area contributed by atoms with Crippen LogP contribution in [0.3, 0.4) is 0 Å². The van der Waals surface area contributed by atoms with Gasteiger partial charge >= 0.3 is 0 Å². The minimum atomic E-state index is 0.344. The monoisotopic (exact) mass is 384 g/mol. The van der Waals surface area contributed by atoms with E-state index in [1.165, 1.54) is 18.4 Å². The van der Waals surface area contributed by atoms with Crippen LogP contribution in [0.5, 0.6) is 5.75 Å². The summed E-state index contributed by atoms with van der Waals surface area (Å²) in [6, 6.07) is 6.38. The van der Waals surface area contributed by atoms with Crippen molar-refractivity contribution in [2.45, 2.75) is 72.2 Å². The third kappa shape index (κ3) is 5.47. The molecule has 7 nitrogen and oxygen atoms in total. The number of rotatable bonds is 8. The lowest BCUT2D eigenvalue weighted by Gasteiger charge is -2.17. The van der Waals surface area contributed by atoms with E-state index in [-0.39, 0.29) is 0 Å². The first-order chi connectivity index (χ1) is 13.7. The molecule has 1 aromatic heterocycles. The van der Waals surface area contributed by atoms with E-state index in [1.807, 2.05) is 4.57 Å². The molecule has 0 aliphatic heterocycles. The number of aromatic nitrogens is 3. The second-order valence-corrected chi connectivity index (χ2v) is 7.22. The van der Waals surface area contributed by atoms with Gasteiger partial charge in [-0.1, -0.05) is 12.1 Å². The van der Waals surface area contributed by atoms with Crippen LogP contribution in [0.2, 0.25) is 0 Å². The minimum Gasteiger partial charge on any atom is -0.490 e. The van der Waals surface area contributed by atoms with Crippen LogP contribution < -0.4 is 15.4 Å². The fourth-order valence-electron chi connectivity index (χ4n) is 3.44. The third-order valence-corrected chi connectivity index (χ3v) is 5.02. The molecular formula is C21H32N6O. The highest BCUT2D eigenvalue weighted by atomic mass is 16.5. The molecule has 2 N–H and O–H groups in total. The smallest absolute Gasteiger partial charge is 0.191 e. The van der Waals surface area contributed by atoms with Gasteiger partial charge in [-0.05, 0) is 58.1 Å². The van der Waals surface area contributed by atoms with Crippen LogP contribution in [-0.2, 0) is 19.6 Å². The topological polar surface area (TPSA) is 76.4 Å². The first kappa shape index (κ1) is 20.2. The molecule has 152 valence electrons. The molecular weight excluding hydrogens is 352 g/mol.